The van der Waals surface area contributed by atoms with Crippen molar-refractivity contribution in [2.45, 2.75) is 0 Å². The Kier molecular flexibility index (Phi) is 3.29. The highest BCUT2D eigenvalue weighted by Gasteiger charge is 1.97. The molecule has 3 aromatic rings. The van der Waals surface area contributed by atoms with Gasteiger partial charge in [0.15, 0.2) is 0 Å². The van der Waals surface area contributed by atoms with Gasteiger partial charge >= 0.3 is 5.63 Å². The Labute approximate surface area is 115 Å². The summed E-state index contributed by atoms with van der Waals surface area (Å²) < 4.78 is 5.07. The summed E-state index contributed by atoms with van der Waals surface area (Å²) in [7, 11) is 0. The first-order chi connectivity index (χ1) is 9.81. The molecule has 0 aliphatic carbocycles. The molecule has 2 aromatic carbocycles. The Hall–Kier alpha value is -2.88. The van der Waals surface area contributed by atoms with Crippen molar-refractivity contribution in [2.24, 2.45) is 5.10 Å². The third kappa shape index (κ3) is 2.75. The van der Waals surface area contributed by atoms with E-state index in [1.54, 1.807) is 18.3 Å². The number of fused-ring (bicyclic) bond motifs is 1. The molecule has 1 heterocycles. The van der Waals surface area contributed by atoms with E-state index in [0.717, 1.165) is 16.6 Å². The summed E-state index contributed by atoms with van der Waals surface area (Å²) in [6.07, 6.45) is 1.72. The van der Waals surface area contributed by atoms with Crippen LogP contribution in [0.15, 0.2) is 75.0 Å². The first kappa shape index (κ1) is 12.2. The van der Waals surface area contributed by atoms with Crippen molar-refractivity contribution in [3.8, 4) is 0 Å². The molecule has 1 aromatic heterocycles. The lowest BCUT2D eigenvalue weighted by Crippen LogP contribution is -1.95. The van der Waals surface area contributed by atoms with Gasteiger partial charge in [0.1, 0.15) is 5.58 Å². The van der Waals surface area contributed by atoms with Gasteiger partial charge < -0.3 is 4.42 Å². The molecule has 3 rings (SSSR count). The quantitative estimate of drug-likeness (QED) is 0.449. The minimum atomic E-state index is -0.343. The molecule has 0 radical (unpaired) electrons. The van der Waals surface area contributed by atoms with Crippen LogP contribution >= 0.6 is 0 Å². The molecule has 0 aliphatic rings. The molecular formula is C16H12N2O2. The molecule has 0 amide bonds. The van der Waals surface area contributed by atoms with Crippen molar-refractivity contribution in [2.75, 3.05) is 5.43 Å². The highest BCUT2D eigenvalue weighted by atomic mass is 16.4. The van der Waals surface area contributed by atoms with Crippen LogP contribution in [0.3, 0.4) is 0 Å². The molecule has 0 unspecified atom stereocenters. The smallest absolute Gasteiger partial charge is 0.336 e. The second kappa shape index (κ2) is 5.40. The second-order valence-corrected chi connectivity index (χ2v) is 4.29. The Balaban J connectivity index is 1.81. The van der Waals surface area contributed by atoms with Crippen LogP contribution in [0.5, 0.6) is 0 Å². The van der Waals surface area contributed by atoms with E-state index in [1.807, 2.05) is 42.5 Å². The summed E-state index contributed by atoms with van der Waals surface area (Å²) in [4.78, 5) is 11.1. The fourth-order valence-electron chi connectivity index (χ4n) is 1.86. The normalized spacial score (nSPS) is 11.0. The van der Waals surface area contributed by atoms with E-state index in [0.29, 0.717) is 5.58 Å². The maximum atomic E-state index is 11.1. The number of hydrazone groups is 1. The molecule has 0 saturated heterocycles. The van der Waals surface area contributed by atoms with Crippen molar-refractivity contribution >= 4 is 22.9 Å². The Morgan fingerprint density at radius 2 is 1.85 bits per heavy atom. The standard InChI is InChI=1S/C16H12N2O2/c19-16-9-7-13-10-12(6-8-15(13)20-16)11-17-18-14-4-2-1-3-5-14/h1-11,18H. The van der Waals surface area contributed by atoms with Crippen LogP contribution in [-0.2, 0) is 0 Å². The number of benzene rings is 2. The third-order valence-electron chi connectivity index (χ3n) is 2.82. The number of hydrogen-bond donors (Lipinski definition) is 1. The van der Waals surface area contributed by atoms with Crippen molar-refractivity contribution in [1.29, 1.82) is 0 Å². The lowest BCUT2D eigenvalue weighted by molar-refractivity contribution is 0.561. The second-order valence-electron chi connectivity index (χ2n) is 4.29. The number of para-hydroxylation sites is 1. The van der Waals surface area contributed by atoms with Crippen LogP contribution in [0.25, 0.3) is 11.0 Å². The minimum absolute atomic E-state index is 0.343. The predicted octanol–water partition coefficient (Wildman–Crippen LogP) is 3.24. The highest BCUT2D eigenvalue weighted by molar-refractivity contribution is 5.88. The van der Waals surface area contributed by atoms with Crippen molar-refractivity contribution in [3.63, 3.8) is 0 Å². The molecule has 0 atom stereocenters. The maximum absolute atomic E-state index is 11.1. The van der Waals surface area contributed by atoms with Crippen LogP contribution in [0, 0.1) is 0 Å². The van der Waals surface area contributed by atoms with Crippen LogP contribution in [0.2, 0.25) is 0 Å². The van der Waals surface area contributed by atoms with Crippen LogP contribution in [0.1, 0.15) is 5.56 Å². The summed E-state index contributed by atoms with van der Waals surface area (Å²) in [5.41, 5.74) is 5.03. The van der Waals surface area contributed by atoms with Crippen LogP contribution < -0.4 is 11.1 Å². The monoisotopic (exact) mass is 264 g/mol. The Bertz CT molecular complexity index is 807. The number of rotatable bonds is 3. The molecule has 4 heteroatoms. The molecule has 0 spiro atoms. The largest absolute Gasteiger partial charge is 0.423 e. The van der Waals surface area contributed by atoms with Crippen molar-refractivity contribution in [1.82, 2.24) is 0 Å². The first-order valence-electron chi connectivity index (χ1n) is 6.19. The van der Waals surface area contributed by atoms with Crippen LogP contribution in [-0.4, -0.2) is 6.21 Å². The predicted molar refractivity (Wildman–Crippen MR) is 80.1 cm³/mol. The summed E-state index contributed by atoms with van der Waals surface area (Å²) in [5, 5.41) is 5.04. The van der Waals surface area contributed by atoms with Gasteiger partial charge in [-0.1, -0.05) is 18.2 Å². The number of hydrogen-bond acceptors (Lipinski definition) is 4. The maximum Gasteiger partial charge on any atom is 0.336 e. The summed E-state index contributed by atoms with van der Waals surface area (Å²) in [5.74, 6) is 0. The van der Waals surface area contributed by atoms with E-state index in [9.17, 15) is 4.79 Å². The summed E-state index contributed by atoms with van der Waals surface area (Å²) in [6.45, 7) is 0. The molecule has 0 aliphatic heterocycles. The lowest BCUT2D eigenvalue weighted by atomic mass is 10.1. The Morgan fingerprint density at radius 3 is 2.70 bits per heavy atom. The van der Waals surface area contributed by atoms with E-state index in [1.165, 1.54) is 6.07 Å². The van der Waals surface area contributed by atoms with Gasteiger partial charge in [-0.25, -0.2) is 4.79 Å². The molecule has 0 fully saturated rings. The molecule has 0 saturated carbocycles. The van der Waals surface area contributed by atoms with Crippen molar-refractivity contribution in [3.05, 3.63) is 76.6 Å². The number of nitrogens with zero attached hydrogens (tertiary/aromatic N) is 1. The van der Waals surface area contributed by atoms with E-state index < -0.39 is 0 Å². The minimum Gasteiger partial charge on any atom is -0.423 e. The van der Waals surface area contributed by atoms with Gasteiger partial charge in [0.2, 0.25) is 0 Å². The van der Waals surface area contributed by atoms with Gasteiger partial charge in [0.05, 0.1) is 11.9 Å². The van der Waals surface area contributed by atoms with Gasteiger partial charge in [0.25, 0.3) is 0 Å². The number of nitrogens with one attached hydrogen (secondary N) is 1. The van der Waals surface area contributed by atoms with Gasteiger partial charge in [-0.05, 0) is 42.0 Å². The highest BCUT2D eigenvalue weighted by Crippen LogP contribution is 2.13. The zero-order chi connectivity index (χ0) is 13.8. The van der Waals surface area contributed by atoms with E-state index in [4.69, 9.17) is 4.42 Å². The summed E-state index contributed by atoms with van der Waals surface area (Å²) in [6, 6.07) is 18.4. The lowest BCUT2D eigenvalue weighted by Gasteiger charge is -1.99. The summed E-state index contributed by atoms with van der Waals surface area (Å²) >= 11 is 0. The van der Waals surface area contributed by atoms with E-state index in [-0.39, 0.29) is 5.63 Å². The molecular weight excluding hydrogens is 252 g/mol. The average Bonchev–Trinajstić information content (AvgIpc) is 2.48. The van der Waals surface area contributed by atoms with E-state index in [2.05, 4.69) is 10.5 Å². The molecule has 98 valence electrons. The number of anilines is 1. The molecule has 0 bridgehead atoms. The molecule has 1 N–H and O–H groups in total. The van der Waals surface area contributed by atoms with Crippen molar-refractivity contribution < 1.29 is 4.42 Å². The van der Waals surface area contributed by atoms with Crippen LogP contribution in [0.4, 0.5) is 5.69 Å². The fraction of sp³-hybridized carbons (Fsp3) is 0. The third-order valence-corrected chi connectivity index (χ3v) is 2.82. The SMILES string of the molecule is O=c1ccc2cc(C=NNc3ccccc3)ccc2o1. The van der Waals surface area contributed by atoms with Gasteiger partial charge in [0, 0.05) is 11.5 Å². The Morgan fingerprint density at radius 1 is 1.00 bits per heavy atom. The molecule has 20 heavy (non-hydrogen) atoms. The van der Waals surface area contributed by atoms with Gasteiger partial charge in [-0.2, -0.15) is 5.10 Å². The fourth-order valence-corrected chi connectivity index (χ4v) is 1.86. The zero-order valence-corrected chi connectivity index (χ0v) is 10.6. The first-order valence-corrected chi connectivity index (χ1v) is 6.19. The topological polar surface area (TPSA) is 54.6 Å². The van der Waals surface area contributed by atoms with Gasteiger partial charge in [-0.15, -0.1) is 0 Å². The molecule has 4 nitrogen and oxygen atoms in total. The van der Waals surface area contributed by atoms with E-state index >= 15 is 0 Å². The van der Waals surface area contributed by atoms with Gasteiger partial charge in [-0.3, -0.25) is 5.43 Å². The zero-order valence-electron chi connectivity index (χ0n) is 10.6. The average molecular weight is 264 g/mol.